The Morgan fingerprint density at radius 2 is 1.60 bits per heavy atom. The van der Waals surface area contributed by atoms with Gasteiger partial charge in [0.15, 0.2) is 0 Å². The largest absolute Gasteiger partial charge is 0.278 e. The van der Waals surface area contributed by atoms with Gasteiger partial charge in [0.05, 0.1) is 11.4 Å². The van der Waals surface area contributed by atoms with Gasteiger partial charge in [-0.1, -0.05) is 54.6 Å². The summed E-state index contributed by atoms with van der Waals surface area (Å²) in [5.41, 5.74) is 7.90. The van der Waals surface area contributed by atoms with Gasteiger partial charge in [-0.15, -0.1) is 0 Å². The zero-order valence-corrected chi connectivity index (χ0v) is 11.0. The first-order valence-corrected chi connectivity index (χ1v) is 6.80. The standard InChI is InChI=1S/C18H14N2/c1-2-9-15(10-3-1)19-20-17-12-14-8-4-6-13-7-5-11-16(17)18(13)14/h1-11,19H,12H2/b20-17-. The van der Waals surface area contributed by atoms with Crippen LogP contribution in [0.25, 0.3) is 10.8 Å². The first-order valence-electron chi connectivity index (χ1n) is 6.80. The Morgan fingerprint density at radius 1 is 0.800 bits per heavy atom. The maximum atomic E-state index is 4.60. The lowest BCUT2D eigenvalue weighted by molar-refractivity contribution is 1.29. The maximum Gasteiger partial charge on any atom is 0.0729 e. The highest BCUT2D eigenvalue weighted by atomic mass is 15.3. The zero-order chi connectivity index (χ0) is 13.4. The third-order valence-corrected chi connectivity index (χ3v) is 3.75. The van der Waals surface area contributed by atoms with Gasteiger partial charge in [-0.2, -0.15) is 5.10 Å². The molecule has 0 atom stereocenters. The number of anilines is 1. The molecule has 0 aromatic heterocycles. The number of para-hydroxylation sites is 1. The average Bonchev–Trinajstić information content (AvgIpc) is 2.87. The Bertz CT molecular complexity index is 799. The molecule has 0 bridgehead atoms. The van der Waals surface area contributed by atoms with Gasteiger partial charge >= 0.3 is 0 Å². The van der Waals surface area contributed by atoms with Crippen LogP contribution >= 0.6 is 0 Å². The summed E-state index contributed by atoms with van der Waals surface area (Å²) in [4.78, 5) is 0. The van der Waals surface area contributed by atoms with E-state index in [9.17, 15) is 0 Å². The molecule has 0 saturated heterocycles. The summed E-state index contributed by atoms with van der Waals surface area (Å²) in [5.74, 6) is 0. The van der Waals surface area contributed by atoms with E-state index in [-0.39, 0.29) is 0 Å². The minimum atomic E-state index is 0.899. The topological polar surface area (TPSA) is 24.4 Å². The number of hydrogen-bond acceptors (Lipinski definition) is 2. The predicted octanol–water partition coefficient (Wildman–Crippen LogP) is 4.21. The fourth-order valence-electron chi connectivity index (χ4n) is 2.83. The van der Waals surface area contributed by atoms with E-state index in [1.54, 1.807) is 0 Å². The van der Waals surface area contributed by atoms with Crippen molar-refractivity contribution in [3.63, 3.8) is 0 Å². The highest BCUT2D eigenvalue weighted by Gasteiger charge is 2.19. The monoisotopic (exact) mass is 258 g/mol. The van der Waals surface area contributed by atoms with Crippen molar-refractivity contribution in [2.45, 2.75) is 6.42 Å². The molecule has 3 aromatic carbocycles. The van der Waals surface area contributed by atoms with Gasteiger partial charge in [0.1, 0.15) is 0 Å². The molecule has 4 rings (SSSR count). The van der Waals surface area contributed by atoms with Gasteiger partial charge in [-0.25, -0.2) is 0 Å². The Morgan fingerprint density at radius 3 is 2.45 bits per heavy atom. The molecule has 0 amide bonds. The van der Waals surface area contributed by atoms with Gasteiger partial charge in [0.25, 0.3) is 0 Å². The normalized spacial score (nSPS) is 14.9. The van der Waals surface area contributed by atoms with Crippen molar-refractivity contribution in [1.29, 1.82) is 0 Å². The second-order valence-corrected chi connectivity index (χ2v) is 5.03. The van der Waals surface area contributed by atoms with E-state index in [4.69, 9.17) is 0 Å². The van der Waals surface area contributed by atoms with Crippen LogP contribution in [0.5, 0.6) is 0 Å². The van der Waals surface area contributed by atoms with Gasteiger partial charge < -0.3 is 0 Å². The summed E-state index contributed by atoms with van der Waals surface area (Å²) in [6.07, 6.45) is 0.899. The number of rotatable bonds is 2. The van der Waals surface area contributed by atoms with E-state index in [1.807, 2.05) is 30.3 Å². The van der Waals surface area contributed by atoms with Crippen LogP contribution < -0.4 is 5.43 Å². The van der Waals surface area contributed by atoms with Crippen LogP contribution in [0.15, 0.2) is 71.8 Å². The van der Waals surface area contributed by atoms with Crippen molar-refractivity contribution < 1.29 is 0 Å². The minimum Gasteiger partial charge on any atom is -0.278 e. The molecule has 3 aromatic rings. The minimum absolute atomic E-state index is 0.899. The molecule has 1 aliphatic carbocycles. The first kappa shape index (κ1) is 11.2. The third-order valence-electron chi connectivity index (χ3n) is 3.75. The second kappa shape index (κ2) is 4.49. The van der Waals surface area contributed by atoms with Crippen molar-refractivity contribution in [3.8, 4) is 0 Å². The first-order chi connectivity index (χ1) is 9.92. The Kier molecular flexibility index (Phi) is 2.52. The molecule has 0 heterocycles. The van der Waals surface area contributed by atoms with Gasteiger partial charge in [0.2, 0.25) is 0 Å². The fraction of sp³-hybridized carbons (Fsp3) is 0.0556. The Hall–Kier alpha value is -2.61. The van der Waals surface area contributed by atoms with Crippen LogP contribution in [0.2, 0.25) is 0 Å². The molecule has 20 heavy (non-hydrogen) atoms. The number of hydrazone groups is 1. The molecule has 2 heteroatoms. The predicted molar refractivity (Wildman–Crippen MR) is 84.3 cm³/mol. The van der Waals surface area contributed by atoms with E-state index in [0.717, 1.165) is 17.8 Å². The van der Waals surface area contributed by atoms with Crippen molar-refractivity contribution in [2.24, 2.45) is 5.10 Å². The summed E-state index contributed by atoms with van der Waals surface area (Å²) in [6, 6.07) is 23.0. The molecule has 0 fully saturated rings. The lowest BCUT2D eigenvalue weighted by Crippen LogP contribution is -2.02. The number of nitrogens with zero attached hydrogens (tertiary/aromatic N) is 1. The Balaban J connectivity index is 1.75. The van der Waals surface area contributed by atoms with Crippen molar-refractivity contribution in [2.75, 3.05) is 5.43 Å². The van der Waals surface area contributed by atoms with Crippen LogP contribution in [-0.2, 0) is 6.42 Å². The van der Waals surface area contributed by atoms with E-state index in [0.29, 0.717) is 0 Å². The van der Waals surface area contributed by atoms with E-state index >= 15 is 0 Å². The van der Waals surface area contributed by atoms with Crippen molar-refractivity contribution in [1.82, 2.24) is 0 Å². The molecule has 0 saturated carbocycles. The SMILES string of the molecule is c1ccc(N/N=C2/Cc3cccc4cccc2c34)cc1. The van der Waals surface area contributed by atoms with Gasteiger partial charge in [0, 0.05) is 12.0 Å². The molecule has 2 nitrogen and oxygen atoms in total. The molecule has 96 valence electrons. The quantitative estimate of drug-likeness (QED) is 0.684. The number of benzene rings is 3. The summed E-state index contributed by atoms with van der Waals surface area (Å²) in [5, 5.41) is 7.25. The van der Waals surface area contributed by atoms with E-state index in [1.165, 1.54) is 21.9 Å². The summed E-state index contributed by atoms with van der Waals surface area (Å²) < 4.78 is 0. The van der Waals surface area contributed by atoms with Gasteiger partial charge in [-0.3, -0.25) is 5.43 Å². The molecule has 0 spiro atoms. The van der Waals surface area contributed by atoms with Crippen LogP contribution in [0, 0.1) is 0 Å². The van der Waals surface area contributed by atoms with Crippen LogP contribution in [0.4, 0.5) is 5.69 Å². The van der Waals surface area contributed by atoms with Crippen molar-refractivity contribution in [3.05, 3.63) is 77.9 Å². The van der Waals surface area contributed by atoms with Crippen molar-refractivity contribution >= 4 is 22.2 Å². The van der Waals surface area contributed by atoms with Crippen LogP contribution in [-0.4, -0.2) is 5.71 Å². The van der Waals surface area contributed by atoms with Crippen LogP contribution in [0.3, 0.4) is 0 Å². The smallest absolute Gasteiger partial charge is 0.0729 e. The average molecular weight is 258 g/mol. The molecular weight excluding hydrogens is 244 g/mol. The summed E-state index contributed by atoms with van der Waals surface area (Å²) >= 11 is 0. The summed E-state index contributed by atoms with van der Waals surface area (Å²) in [6.45, 7) is 0. The number of hydrogen-bond donors (Lipinski definition) is 1. The lowest BCUT2D eigenvalue weighted by Gasteiger charge is -2.03. The fourth-order valence-corrected chi connectivity index (χ4v) is 2.83. The maximum absolute atomic E-state index is 4.60. The Labute approximate surface area is 117 Å². The molecule has 0 unspecified atom stereocenters. The lowest BCUT2D eigenvalue weighted by atomic mass is 10.1. The molecular formula is C18H14N2. The zero-order valence-electron chi connectivity index (χ0n) is 11.0. The number of nitrogens with one attached hydrogen (secondary N) is 1. The summed E-state index contributed by atoms with van der Waals surface area (Å²) in [7, 11) is 0. The highest BCUT2D eigenvalue weighted by molar-refractivity contribution is 6.18. The molecule has 0 aliphatic heterocycles. The van der Waals surface area contributed by atoms with Crippen LogP contribution in [0.1, 0.15) is 11.1 Å². The van der Waals surface area contributed by atoms with Gasteiger partial charge in [-0.05, 0) is 28.5 Å². The molecule has 1 N–H and O–H groups in total. The molecule has 1 aliphatic rings. The molecule has 0 radical (unpaired) electrons. The second-order valence-electron chi connectivity index (χ2n) is 5.03. The van der Waals surface area contributed by atoms with E-state index in [2.05, 4.69) is 46.9 Å². The third kappa shape index (κ3) is 1.77. The highest BCUT2D eigenvalue weighted by Crippen LogP contribution is 2.30. The van der Waals surface area contributed by atoms with E-state index < -0.39 is 0 Å².